The van der Waals surface area contributed by atoms with Crippen LogP contribution in [0.5, 0.6) is 0 Å². The van der Waals surface area contributed by atoms with Crippen molar-refractivity contribution < 1.29 is 9.18 Å². The van der Waals surface area contributed by atoms with Crippen molar-refractivity contribution in [3.05, 3.63) is 69.0 Å². The fourth-order valence-corrected chi connectivity index (χ4v) is 2.90. The largest absolute Gasteiger partial charge is 0.351 e. The van der Waals surface area contributed by atoms with Crippen LogP contribution in [0, 0.1) is 5.82 Å². The van der Waals surface area contributed by atoms with Crippen LogP contribution in [0.4, 0.5) is 4.39 Å². The highest BCUT2D eigenvalue weighted by Gasteiger charge is 2.19. The first-order valence-electron chi connectivity index (χ1n) is 7.96. The average molecular weight is 368 g/mol. The van der Waals surface area contributed by atoms with Gasteiger partial charge in [0.2, 0.25) is 5.91 Å². The van der Waals surface area contributed by atoms with Crippen molar-refractivity contribution in [1.29, 1.82) is 0 Å². The van der Waals surface area contributed by atoms with Crippen LogP contribution in [0.1, 0.15) is 42.9 Å². The quantitative estimate of drug-likeness (QED) is 0.716. The van der Waals surface area contributed by atoms with Crippen LogP contribution < -0.4 is 5.32 Å². The van der Waals surface area contributed by atoms with Crippen molar-refractivity contribution in [1.82, 2.24) is 5.32 Å². The lowest BCUT2D eigenvalue weighted by molar-refractivity contribution is -0.122. The highest BCUT2D eigenvalue weighted by atomic mass is 35.5. The number of hydrogen-bond acceptors (Lipinski definition) is 1. The Labute approximate surface area is 152 Å². The van der Waals surface area contributed by atoms with E-state index in [1.807, 2.05) is 13.8 Å². The van der Waals surface area contributed by atoms with Crippen molar-refractivity contribution in [2.45, 2.75) is 39.2 Å². The monoisotopic (exact) mass is 367 g/mol. The van der Waals surface area contributed by atoms with Crippen LogP contribution >= 0.6 is 23.2 Å². The van der Waals surface area contributed by atoms with Gasteiger partial charge in [0.15, 0.2) is 0 Å². The summed E-state index contributed by atoms with van der Waals surface area (Å²) in [5.41, 5.74) is 2.33. The molecule has 0 aliphatic carbocycles. The van der Waals surface area contributed by atoms with Crippen LogP contribution in [0.3, 0.4) is 0 Å². The Morgan fingerprint density at radius 3 is 2.50 bits per heavy atom. The minimum atomic E-state index is -0.350. The minimum absolute atomic E-state index is 0.155. The molecule has 0 radical (unpaired) electrons. The molecule has 0 aliphatic heterocycles. The summed E-state index contributed by atoms with van der Waals surface area (Å²) in [7, 11) is 0. The van der Waals surface area contributed by atoms with Crippen molar-refractivity contribution in [2.24, 2.45) is 0 Å². The second-order valence-electron chi connectivity index (χ2n) is 5.63. The maximum atomic E-state index is 13.9. The Balaban J connectivity index is 2.11. The molecule has 0 aromatic heterocycles. The molecule has 0 heterocycles. The number of benzene rings is 2. The third kappa shape index (κ3) is 4.49. The van der Waals surface area contributed by atoms with E-state index in [2.05, 4.69) is 5.32 Å². The second kappa shape index (κ2) is 8.50. The van der Waals surface area contributed by atoms with Crippen molar-refractivity contribution in [3.63, 3.8) is 0 Å². The van der Waals surface area contributed by atoms with Crippen LogP contribution in [0.2, 0.25) is 10.0 Å². The summed E-state index contributed by atoms with van der Waals surface area (Å²) in [6, 6.07) is 10.2. The zero-order valence-corrected chi connectivity index (χ0v) is 15.2. The highest BCUT2D eigenvalue weighted by Crippen LogP contribution is 2.28. The normalized spacial score (nSPS) is 12.0. The third-order valence-electron chi connectivity index (χ3n) is 4.04. The lowest BCUT2D eigenvalue weighted by Gasteiger charge is -2.16. The molecular formula is C19H20Cl2FNO. The van der Waals surface area contributed by atoms with E-state index in [0.29, 0.717) is 22.0 Å². The van der Waals surface area contributed by atoms with E-state index in [-0.39, 0.29) is 24.2 Å². The van der Waals surface area contributed by atoms with E-state index < -0.39 is 0 Å². The molecule has 2 aromatic rings. The van der Waals surface area contributed by atoms with Gasteiger partial charge in [-0.1, -0.05) is 55.2 Å². The van der Waals surface area contributed by atoms with Crippen LogP contribution in [0.15, 0.2) is 36.4 Å². The molecule has 24 heavy (non-hydrogen) atoms. The molecule has 0 bridgehead atoms. The van der Waals surface area contributed by atoms with Crippen LogP contribution in [0.25, 0.3) is 0 Å². The number of hydrogen-bond donors (Lipinski definition) is 1. The molecule has 0 saturated carbocycles. The molecule has 0 spiro atoms. The molecule has 1 unspecified atom stereocenters. The van der Waals surface area contributed by atoms with Crippen LogP contribution in [-0.4, -0.2) is 5.91 Å². The van der Waals surface area contributed by atoms with Gasteiger partial charge in [0.1, 0.15) is 5.82 Å². The SMILES string of the molecule is CCc1ccc(F)c(CNC(=O)C(CC)c2ccc(Cl)c(Cl)c2)c1. The predicted octanol–water partition coefficient (Wildman–Crippen LogP) is 5.50. The summed E-state index contributed by atoms with van der Waals surface area (Å²) in [6.45, 7) is 4.09. The Kier molecular flexibility index (Phi) is 6.64. The second-order valence-corrected chi connectivity index (χ2v) is 6.45. The molecule has 128 valence electrons. The Morgan fingerprint density at radius 1 is 1.12 bits per heavy atom. The van der Waals surface area contributed by atoms with E-state index in [1.165, 1.54) is 6.07 Å². The van der Waals surface area contributed by atoms with Gasteiger partial charge in [0.05, 0.1) is 16.0 Å². The standard InChI is InChI=1S/C19H20Cl2FNO/c1-3-12-5-8-18(22)14(9-12)11-23-19(24)15(4-2)13-6-7-16(20)17(21)10-13/h5-10,15H,3-4,11H2,1-2H3,(H,23,24). The van der Waals surface area contributed by atoms with E-state index in [4.69, 9.17) is 23.2 Å². The summed E-state index contributed by atoms with van der Waals surface area (Å²) in [6.07, 6.45) is 1.43. The number of amides is 1. The van der Waals surface area contributed by atoms with Gasteiger partial charge in [-0.05, 0) is 42.2 Å². The number of carbonyl (C=O) groups excluding carboxylic acids is 1. The minimum Gasteiger partial charge on any atom is -0.351 e. The smallest absolute Gasteiger partial charge is 0.227 e. The first-order valence-corrected chi connectivity index (χ1v) is 8.71. The number of halogens is 3. The third-order valence-corrected chi connectivity index (χ3v) is 4.78. The molecule has 5 heteroatoms. The van der Waals surface area contributed by atoms with Gasteiger partial charge >= 0.3 is 0 Å². The molecule has 0 aliphatic rings. The number of nitrogens with one attached hydrogen (secondary N) is 1. The van der Waals surface area contributed by atoms with Gasteiger partial charge in [-0.3, -0.25) is 4.79 Å². The van der Waals surface area contributed by atoms with Crippen molar-refractivity contribution >= 4 is 29.1 Å². The number of aryl methyl sites for hydroxylation is 1. The maximum absolute atomic E-state index is 13.9. The first kappa shape index (κ1) is 18.8. The Bertz CT molecular complexity index is 733. The molecule has 2 aromatic carbocycles. The molecule has 2 nitrogen and oxygen atoms in total. The Morgan fingerprint density at radius 2 is 1.88 bits per heavy atom. The topological polar surface area (TPSA) is 29.1 Å². The van der Waals surface area contributed by atoms with E-state index >= 15 is 0 Å². The summed E-state index contributed by atoms with van der Waals surface area (Å²) in [5.74, 6) is -0.815. The summed E-state index contributed by atoms with van der Waals surface area (Å²) < 4.78 is 13.9. The highest BCUT2D eigenvalue weighted by molar-refractivity contribution is 6.42. The zero-order valence-electron chi connectivity index (χ0n) is 13.7. The zero-order chi connectivity index (χ0) is 17.7. The van der Waals surface area contributed by atoms with Gasteiger partial charge in [-0.25, -0.2) is 4.39 Å². The van der Waals surface area contributed by atoms with Gasteiger partial charge in [-0.15, -0.1) is 0 Å². The lowest BCUT2D eigenvalue weighted by Crippen LogP contribution is -2.29. The number of carbonyl (C=O) groups is 1. The molecule has 1 atom stereocenters. The van der Waals surface area contributed by atoms with E-state index in [1.54, 1.807) is 30.3 Å². The summed E-state index contributed by atoms with van der Waals surface area (Å²) in [5, 5.41) is 3.69. The lowest BCUT2D eigenvalue weighted by atomic mass is 9.95. The molecule has 2 rings (SSSR count). The number of rotatable bonds is 6. The van der Waals surface area contributed by atoms with E-state index in [0.717, 1.165) is 17.5 Å². The molecular weight excluding hydrogens is 348 g/mol. The Hall–Kier alpha value is -1.58. The average Bonchev–Trinajstić information content (AvgIpc) is 2.58. The van der Waals surface area contributed by atoms with Gasteiger partial charge in [0, 0.05) is 12.1 Å². The summed E-state index contributed by atoms with van der Waals surface area (Å²) in [4.78, 5) is 12.5. The molecule has 0 fully saturated rings. The van der Waals surface area contributed by atoms with Gasteiger partial charge in [-0.2, -0.15) is 0 Å². The molecule has 1 N–H and O–H groups in total. The molecule has 1 amide bonds. The fourth-order valence-electron chi connectivity index (χ4n) is 2.59. The summed E-state index contributed by atoms with van der Waals surface area (Å²) >= 11 is 12.0. The van der Waals surface area contributed by atoms with Gasteiger partial charge in [0.25, 0.3) is 0 Å². The van der Waals surface area contributed by atoms with Gasteiger partial charge < -0.3 is 5.32 Å². The van der Waals surface area contributed by atoms with E-state index in [9.17, 15) is 9.18 Å². The first-order chi connectivity index (χ1) is 11.5. The predicted molar refractivity (Wildman–Crippen MR) is 97.1 cm³/mol. The van der Waals surface area contributed by atoms with Crippen molar-refractivity contribution in [3.8, 4) is 0 Å². The van der Waals surface area contributed by atoms with Crippen LogP contribution in [-0.2, 0) is 17.8 Å². The fraction of sp³-hybridized carbons (Fsp3) is 0.316. The maximum Gasteiger partial charge on any atom is 0.227 e. The molecule has 0 saturated heterocycles. The van der Waals surface area contributed by atoms with Crippen molar-refractivity contribution in [2.75, 3.05) is 0 Å².